The summed E-state index contributed by atoms with van der Waals surface area (Å²) in [5.74, 6) is 0.260. The molecular weight excluding hydrogens is 483 g/mol. The lowest BCUT2D eigenvalue weighted by atomic mass is 9.64. The van der Waals surface area contributed by atoms with Crippen molar-refractivity contribution >= 4 is 39.9 Å². The number of nitrogens with zero attached hydrogens (tertiary/aromatic N) is 3. The van der Waals surface area contributed by atoms with E-state index in [4.69, 9.17) is 22.1 Å². The van der Waals surface area contributed by atoms with Crippen LogP contribution in [0.15, 0.2) is 36.7 Å². The maximum Gasteiger partial charge on any atom is 0.225 e. The third-order valence-electron chi connectivity index (χ3n) is 7.70. The van der Waals surface area contributed by atoms with Crippen molar-refractivity contribution in [1.82, 2.24) is 20.2 Å². The summed E-state index contributed by atoms with van der Waals surface area (Å²) in [4.78, 5) is 23.6. The zero-order chi connectivity index (χ0) is 26.1. The molecule has 1 aliphatic heterocycles. The fraction of sp³-hybridized carbons (Fsp3) is 0.423. The molecule has 0 atom stereocenters. The minimum absolute atomic E-state index is 0.0193. The topological polar surface area (TPSA) is 105 Å². The standard InChI is InChI=1S/C26H32ClFN6O2/c1-25(2,26(24(29)35)8-10-30-11-9-26)34(3)14-16-12-17-20(13-21(16)36-4)31-15-32-23(17)33-19-7-5-6-18(27)22(19)28/h5-7,12-13,15,30H,8-11,14H2,1-4H3,(H2,29,35)(H,31,32,33). The van der Waals surface area contributed by atoms with Crippen LogP contribution in [-0.4, -0.2) is 53.6 Å². The smallest absolute Gasteiger partial charge is 0.225 e. The van der Waals surface area contributed by atoms with Gasteiger partial charge in [-0.05, 0) is 65.0 Å². The van der Waals surface area contributed by atoms with E-state index in [0.717, 1.165) is 18.7 Å². The molecule has 0 radical (unpaired) electrons. The SMILES string of the molecule is COc1cc2ncnc(Nc3cccc(Cl)c3F)c2cc1CN(C)C(C)(C)C1(C(N)=O)CCNCC1. The maximum atomic E-state index is 14.6. The van der Waals surface area contributed by atoms with Crippen molar-refractivity contribution in [3.63, 3.8) is 0 Å². The first-order valence-electron chi connectivity index (χ1n) is 11.9. The summed E-state index contributed by atoms with van der Waals surface area (Å²) in [6.07, 6.45) is 2.75. The van der Waals surface area contributed by atoms with E-state index in [9.17, 15) is 9.18 Å². The number of hydrogen-bond donors (Lipinski definition) is 3. The maximum absolute atomic E-state index is 14.6. The Hall–Kier alpha value is -3.01. The number of hydrogen-bond acceptors (Lipinski definition) is 7. The van der Waals surface area contributed by atoms with Gasteiger partial charge in [-0.1, -0.05) is 17.7 Å². The molecule has 0 spiro atoms. The van der Waals surface area contributed by atoms with Gasteiger partial charge in [0.2, 0.25) is 5.91 Å². The lowest BCUT2D eigenvalue weighted by Crippen LogP contribution is -2.63. The van der Waals surface area contributed by atoms with Crippen LogP contribution in [0.4, 0.5) is 15.9 Å². The number of primary amides is 1. The van der Waals surface area contributed by atoms with Crippen LogP contribution < -0.4 is 21.1 Å². The van der Waals surface area contributed by atoms with E-state index in [0.29, 0.717) is 41.9 Å². The van der Waals surface area contributed by atoms with Crippen LogP contribution in [0, 0.1) is 11.2 Å². The van der Waals surface area contributed by atoms with Crippen LogP contribution in [0.1, 0.15) is 32.3 Å². The molecule has 1 aromatic heterocycles. The Morgan fingerprint density at radius 1 is 1.31 bits per heavy atom. The molecule has 3 aromatic rings. The lowest BCUT2D eigenvalue weighted by molar-refractivity contribution is -0.139. The highest BCUT2D eigenvalue weighted by atomic mass is 35.5. The van der Waals surface area contributed by atoms with E-state index in [1.54, 1.807) is 19.2 Å². The van der Waals surface area contributed by atoms with Crippen LogP contribution in [0.25, 0.3) is 10.9 Å². The molecule has 8 nitrogen and oxygen atoms in total. The Bertz CT molecular complexity index is 1280. The van der Waals surface area contributed by atoms with Crippen molar-refractivity contribution in [1.29, 1.82) is 0 Å². The second-order valence-electron chi connectivity index (χ2n) is 9.74. The van der Waals surface area contributed by atoms with Crippen molar-refractivity contribution in [2.75, 3.05) is 32.6 Å². The number of carbonyl (C=O) groups excluding carboxylic acids is 1. The minimum Gasteiger partial charge on any atom is -0.496 e. The molecule has 1 saturated heterocycles. The van der Waals surface area contributed by atoms with Gasteiger partial charge in [-0.3, -0.25) is 9.69 Å². The highest BCUT2D eigenvalue weighted by Crippen LogP contribution is 2.44. The number of aromatic nitrogens is 2. The highest BCUT2D eigenvalue weighted by Gasteiger charge is 2.52. The van der Waals surface area contributed by atoms with Crippen molar-refractivity contribution < 1.29 is 13.9 Å². The predicted molar refractivity (Wildman–Crippen MR) is 140 cm³/mol. The normalized spacial score (nSPS) is 15.8. The van der Waals surface area contributed by atoms with E-state index >= 15 is 0 Å². The molecule has 0 bridgehead atoms. The quantitative estimate of drug-likeness (QED) is 0.413. The molecule has 36 heavy (non-hydrogen) atoms. The molecule has 0 aliphatic carbocycles. The Morgan fingerprint density at radius 3 is 2.69 bits per heavy atom. The number of halogens is 2. The Morgan fingerprint density at radius 2 is 2.03 bits per heavy atom. The predicted octanol–water partition coefficient (Wildman–Crippen LogP) is 4.24. The van der Waals surface area contributed by atoms with Crippen LogP contribution in [0.2, 0.25) is 5.02 Å². The second-order valence-corrected chi connectivity index (χ2v) is 10.1. The zero-order valence-corrected chi connectivity index (χ0v) is 21.7. The Labute approximate surface area is 215 Å². The monoisotopic (exact) mass is 514 g/mol. The summed E-state index contributed by atoms with van der Waals surface area (Å²) >= 11 is 5.95. The number of benzene rings is 2. The van der Waals surface area contributed by atoms with Gasteiger partial charge < -0.3 is 21.1 Å². The molecule has 4 N–H and O–H groups in total. The second kappa shape index (κ2) is 10.2. The number of fused-ring (bicyclic) bond motifs is 1. The van der Waals surface area contributed by atoms with E-state index in [2.05, 4.69) is 39.3 Å². The molecule has 1 amide bonds. The molecule has 4 rings (SSSR count). The molecule has 2 aromatic carbocycles. The first-order chi connectivity index (χ1) is 17.1. The van der Waals surface area contributed by atoms with E-state index in [-0.39, 0.29) is 16.6 Å². The number of nitrogens with one attached hydrogen (secondary N) is 2. The molecule has 1 aliphatic rings. The van der Waals surface area contributed by atoms with E-state index in [1.165, 1.54) is 12.4 Å². The molecule has 0 saturated carbocycles. The number of amides is 1. The first-order valence-corrected chi connectivity index (χ1v) is 12.2. The summed E-state index contributed by atoms with van der Waals surface area (Å²) in [7, 11) is 3.59. The van der Waals surface area contributed by atoms with Crippen molar-refractivity contribution in [3.8, 4) is 5.75 Å². The van der Waals surface area contributed by atoms with Crippen molar-refractivity contribution in [3.05, 3.63) is 53.1 Å². The molecule has 10 heteroatoms. The van der Waals surface area contributed by atoms with Gasteiger partial charge in [0.15, 0.2) is 5.82 Å². The number of carbonyl (C=O) groups is 1. The van der Waals surface area contributed by atoms with Gasteiger partial charge >= 0.3 is 0 Å². The highest BCUT2D eigenvalue weighted by molar-refractivity contribution is 6.31. The van der Waals surface area contributed by atoms with Crippen molar-refractivity contribution in [2.45, 2.75) is 38.8 Å². The Kier molecular flexibility index (Phi) is 7.36. The van der Waals surface area contributed by atoms with Gasteiger partial charge in [0.05, 0.1) is 28.8 Å². The van der Waals surface area contributed by atoms with Crippen LogP contribution in [-0.2, 0) is 11.3 Å². The summed E-state index contributed by atoms with van der Waals surface area (Å²) in [5, 5.41) is 7.09. The Balaban J connectivity index is 1.72. The van der Waals surface area contributed by atoms with Crippen LogP contribution >= 0.6 is 11.6 Å². The van der Waals surface area contributed by atoms with Crippen LogP contribution in [0.5, 0.6) is 5.75 Å². The zero-order valence-electron chi connectivity index (χ0n) is 21.0. The van der Waals surface area contributed by atoms with Crippen LogP contribution in [0.3, 0.4) is 0 Å². The lowest BCUT2D eigenvalue weighted by Gasteiger charge is -2.51. The minimum atomic E-state index is -0.670. The van der Waals surface area contributed by atoms with Gasteiger partial charge in [0.1, 0.15) is 17.9 Å². The molecule has 2 heterocycles. The summed E-state index contributed by atoms with van der Waals surface area (Å²) in [6, 6.07) is 8.52. The summed E-state index contributed by atoms with van der Waals surface area (Å²) < 4.78 is 20.3. The van der Waals surface area contributed by atoms with Crippen molar-refractivity contribution in [2.24, 2.45) is 11.1 Å². The number of anilines is 2. The van der Waals surface area contributed by atoms with Gasteiger partial charge in [-0.2, -0.15) is 0 Å². The fourth-order valence-electron chi connectivity index (χ4n) is 5.10. The van der Waals surface area contributed by atoms with Gasteiger partial charge in [0.25, 0.3) is 0 Å². The number of piperidine rings is 1. The summed E-state index contributed by atoms with van der Waals surface area (Å²) in [5.41, 5.74) is 6.52. The largest absolute Gasteiger partial charge is 0.496 e. The number of nitrogens with two attached hydrogens (primary N) is 1. The molecule has 0 unspecified atom stereocenters. The number of methoxy groups -OCH3 is 1. The van der Waals surface area contributed by atoms with Gasteiger partial charge in [0, 0.05) is 29.1 Å². The number of rotatable bonds is 8. The third kappa shape index (κ3) is 4.58. The average Bonchev–Trinajstić information content (AvgIpc) is 2.86. The molecule has 192 valence electrons. The molecular formula is C26H32ClFN6O2. The van der Waals surface area contributed by atoms with E-state index in [1.807, 2.05) is 19.2 Å². The fourth-order valence-corrected chi connectivity index (χ4v) is 5.28. The molecule has 1 fully saturated rings. The van der Waals surface area contributed by atoms with Gasteiger partial charge in [-0.25, -0.2) is 14.4 Å². The average molecular weight is 515 g/mol. The third-order valence-corrected chi connectivity index (χ3v) is 8.00. The van der Waals surface area contributed by atoms with Gasteiger partial charge in [-0.15, -0.1) is 0 Å². The summed E-state index contributed by atoms with van der Waals surface area (Å²) in [6.45, 7) is 6.09. The number of ether oxygens (including phenoxy) is 1. The van der Waals surface area contributed by atoms with E-state index < -0.39 is 16.8 Å². The first kappa shape index (κ1) is 26.1.